The largest absolute Gasteiger partial charge is 0.478 e. The predicted molar refractivity (Wildman–Crippen MR) is 139 cm³/mol. The smallest absolute Gasteiger partial charge is 0.417 e. The molecule has 0 bridgehead atoms. The molecule has 1 aliphatic heterocycles. The molecule has 1 saturated heterocycles. The number of rotatable bonds is 6. The van der Waals surface area contributed by atoms with Crippen molar-refractivity contribution in [3.8, 4) is 17.0 Å². The van der Waals surface area contributed by atoms with Crippen molar-refractivity contribution in [3.05, 3.63) is 76.4 Å². The average Bonchev–Trinajstić information content (AvgIpc) is 2.88. The molecule has 9 heteroatoms. The zero-order valence-corrected chi connectivity index (χ0v) is 21.7. The Morgan fingerprint density at radius 3 is 2.59 bits per heavy atom. The molecular formula is C28H29ClF3N3O2. The van der Waals surface area contributed by atoms with Crippen LogP contribution in [-0.4, -0.2) is 48.1 Å². The number of halogens is 4. The number of alkyl halides is 3. The van der Waals surface area contributed by atoms with Crippen LogP contribution in [0.5, 0.6) is 5.88 Å². The SMILES string of the molecule is CCOc1ncccc1-c1ccc(N2CCN(C(=O)c3ccc(Cl)cc3C(F)(F)F)C[C@H]2CC)c(C)c1. The van der Waals surface area contributed by atoms with Crippen LogP contribution in [-0.2, 0) is 6.18 Å². The molecule has 2 heterocycles. The minimum Gasteiger partial charge on any atom is -0.478 e. The van der Waals surface area contributed by atoms with Gasteiger partial charge in [0.1, 0.15) is 0 Å². The van der Waals surface area contributed by atoms with Gasteiger partial charge in [-0.15, -0.1) is 0 Å². The topological polar surface area (TPSA) is 45.7 Å². The van der Waals surface area contributed by atoms with E-state index in [0.717, 1.165) is 34.9 Å². The number of ether oxygens (including phenoxy) is 1. The maximum absolute atomic E-state index is 13.6. The van der Waals surface area contributed by atoms with Gasteiger partial charge in [-0.3, -0.25) is 4.79 Å². The molecule has 1 aromatic heterocycles. The van der Waals surface area contributed by atoms with Crippen molar-refractivity contribution in [2.45, 2.75) is 39.4 Å². The van der Waals surface area contributed by atoms with Crippen LogP contribution in [0.3, 0.4) is 0 Å². The third-order valence-electron chi connectivity index (χ3n) is 6.63. The van der Waals surface area contributed by atoms with Crippen molar-refractivity contribution >= 4 is 23.2 Å². The van der Waals surface area contributed by atoms with Crippen molar-refractivity contribution in [2.75, 3.05) is 31.1 Å². The lowest BCUT2D eigenvalue weighted by Crippen LogP contribution is -2.55. The summed E-state index contributed by atoms with van der Waals surface area (Å²) in [6, 6.07) is 13.3. The Balaban J connectivity index is 1.57. The van der Waals surface area contributed by atoms with Crippen molar-refractivity contribution in [3.63, 3.8) is 0 Å². The number of aryl methyl sites for hydroxylation is 1. The molecule has 0 N–H and O–H groups in total. The molecule has 0 aliphatic carbocycles. The molecule has 3 aromatic rings. The number of hydrogen-bond acceptors (Lipinski definition) is 4. The van der Waals surface area contributed by atoms with E-state index < -0.39 is 17.6 Å². The van der Waals surface area contributed by atoms with Gasteiger partial charge in [0.2, 0.25) is 5.88 Å². The Labute approximate surface area is 219 Å². The summed E-state index contributed by atoms with van der Waals surface area (Å²) in [5, 5.41) is -0.0567. The number of hydrogen-bond donors (Lipinski definition) is 0. The lowest BCUT2D eigenvalue weighted by Gasteiger charge is -2.43. The highest BCUT2D eigenvalue weighted by atomic mass is 35.5. The van der Waals surface area contributed by atoms with Gasteiger partial charge >= 0.3 is 6.18 Å². The number of amides is 1. The van der Waals surface area contributed by atoms with E-state index in [4.69, 9.17) is 16.3 Å². The number of piperazine rings is 1. The van der Waals surface area contributed by atoms with E-state index in [1.807, 2.05) is 39.0 Å². The fourth-order valence-electron chi connectivity index (χ4n) is 4.82. The fourth-order valence-corrected chi connectivity index (χ4v) is 4.99. The molecule has 0 unspecified atom stereocenters. The van der Waals surface area contributed by atoms with Gasteiger partial charge in [-0.05, 0) is 73.9 Å². The summed E-state index contributed by atoms with van der Waals surface area (Å²) in [5.74, 6) is -0.0506. The first kappa shape index (κ1) is 26.8. The van der Waals surface area contributed by atoms with Crippen molar-refractivity contribution < 1.29 is 22.7 Å². The molecule has 0 saturated carbocycles. The lowest BCUT2D eigenvalue weighted by atomic mass is 10.00. The van der Waals surface area contributed by atoms with Gasteiger partial charge in [0.25, 0.3) is 5.91 Å². The molecule has 0 radical (unpaired) electrons. The van der Waals surface area contributed by atoms with E-state index in [1.54, 1.807) is 6.20 Å². The molecule has 37 heavy (non-hydrogen) atoms. The van der Waals surface area contributed by atoms with E-state index in [1.165, 1.54) is 17.0 Å². The zero-order chi connectivity index (χ0) is 26.7. The molecule has 196 valence electrons. The third kappa shape index (κ3) is 5.69. The number of carbonyl (C=O) groups excluding carboxylic acids is 1. The van der Waals surface area contributed by atoms with Crippen LogP contribution in [0.4, 0.5) is 18.9 Å². The Morgan fingerprint density at radius 2 is 1.92 bits per heavy atom. The summed E-state index contributed by atoms with van der Waals surface area (Å²) in [5.41, 5.74) is 2.61. The molecule has 1 amide bonds. The van der Waals surface area contributed by atoms with E-state index in [9.17, 15) is 18.0 Å². The van der Waals surface area contributed by atoms with Gasteiger partial charge in [0, 0.05) is 48.1 Å². The fraction of sp³-hybridized carbons (Fsp3) is 0.357. The molecule has 5 nitrogen and oxygen atoms in total. The standard InChI is InChI=1S/C28H29ClF3N3O2/c1-4-21-17-34(27(36)23-10-9-20(29)16-24(23)28(30,31)32)13-14-35(21)25-11-8-19(15-18(25)3)22-7-6-12-33-26(22)37-5-2/h6-12,15-16,21H,4-5,13-14,17H2,1-3H3/t21-/m1/s1. The van der Waals surface area contributed by atoms with E-state index in [2.05, 4.69) is 22.0 Å². The highest BCUT2D eigenvalue weighted by molar-refractivity contribution is 6.30. The van der Waals surface area contributed by atoms with E-state index in [-0.39, 0.29) is 16.6 Å². The summed E-state index contributed by atoms with van der Waals surface area (Å²) < 4.78 is 46.5. The van der Waals surface area contributed by atoms with Crippen LogP contribution >= 0.6 is 11.6 Å². The van der Waals surface area contributed by atoms with E-state index >= 15 is 0 Å². The van der Waals surface area contributed by atoms with Crippen LogP contribution in [0.15, 0.2) is 54.7 Å². The van der Waals surface area contributed by atoms with Crippen LogP contribution in [0.2, 0.25) is 5.02 Å². The molecule has 1 aliphatic rings. The number of pyridine rings is 1. The van der Waals surface area contributed by atoms with E-state index in [0.29, 0.717) is 32.1 Å². The minimum absolute atomic E-state index is 0.0405. The van der Waals surface area contributed by atoms with Gasteiger partial charge in [-0.2, -0.15) is 13.2 Å². The maximum Gasteiger partial charge on any atom is 0.417 e. The third-order valence-corrected chi connectivity index (χ3v) is 6.86. The molecule has 2 aromatic carbocycles. The Bertz CT molecular complexity index is 1280. The van der Waals surface area contributed by atoms with Crippen LogP contribution in [0.25, 0.3) is 11.1 Å². The van der Waals surface area contributed by atoms with Gasteiger partial charge in [-0.25, -0.2) is 4.98 Å². The minimum atomic E-state index is -4.67. The maximum atomic E-state index is 13.6. The summed E-state index contributed by atoms with van der Waals surface area (Å²) >= 11 is 5.79. The van der Waals surface area contributed by atoms with Gasteiger partial charge in [0.05, 0.1) is 17.7 Å². The Kier molecular flexibility index (Phi) is 7.97. The van der Waals surface area contributed by atoms with Crippen molar-refractivity contribution in [1.29, 1.82) is 0 Å². The highest BCUT2D eigenvalue weighted by Crippen LogP contribution is 2.36. The second kappa shape index (κ2) is 11.0. The molecule has 1 fully saturated rings. The number of aromatic nitrogens is 1. The number of benzene rings is 2. The highest BCUT2D eigenvalue weighted by Gasteiger charge is 2.38. The normalized spacial score (nSPS) is 16.1. The summed E-state index contributed by atoms with van der Waals surface area (Å²) in [7, 11) is 0. The quantitative estimate of drug-likeness (QED) is 0.348. The first-order valence-electron chi connectivity index (χ1n) is 12.3. The van der Waals surface area contributed by atoms with Gasteiger partial charge in [0.15, 0.2) is 0 Å². The Hall–Kier alpha value is -3.26. The molecular weight excluding hydrogens is 503 g/mol. The molecule has 4 rings (SSSR count). The number of anilines is 1. The Morgan fingerprint density at radius 1 is 1.14 bits per heavy atom. The second-order valence-electron chi connectivity index (χ2n) is 8.98. The van der Waals surface area contributed by atoms with Gasteiger partial charge in [-0.1, -0.05) is 24.6 Å². The lowest BCUT2D eigenvalue weighted by molar-refractivity contribution is -0.138. The van der Waals surface area contributed by atoms with Crippen LogP contribution in [0.1, 0.15) is 41.8 Å². The van der Waals surface area contributed by atoms with Gasteiger partial charge < -0.3 is 14.5 Å². The first-order chi connectivity index (χ1) is 17.6. The van der Waals surface area contributed by atoms with Crippen molar-refractivity contribution in [2.24, 2.45) is 0 Å². The summed E-state index contributed by atoms with van der Waals surface area (Å²) in [6.07, 6.45) is -2.24. The van der Waals surface area contributed by atoms with Crippen LogP contribution < -0.4 is 9.64 Å². The molecule has 1 atom stereocenters. The van der Waals surface area contributed by atoms with Crippen molar-refractivity contribution in [1.82, 2.24) is 9.88 Å². The predicted octanol–water partition coefficient (Wildman–Crippen LogP) is 6.87. The number of nitrogens with zero attached hydrogens (tertiary/aromatic N) is 3. The monoisotopic (exact) mass is 531 g/mol. The second-order valence-corrected chi connectivity index (χ2v) is 9.42. The summed E-state index contributed by atoms with van der Waals surface area (Å²) in [4.78, 5) is 21.3. The number of carbonyl (C=O) groups is 1. The first-order valence-corrected chi connectivity index (χ1v) is 12.6. The average molecular weight is 532 g/mol. The summed E-state index contributed by atoms with van der Waals surface area (Å²) in [6.45, 7) is 7.63. The zero-order valence-electron chi connectivity index (χ0n) is 21.0. The molecule has 0 spiro atoms. The van der Waals surface area contributed by atoms with Crippen LogP contribution in [0, 0.1) is 6.92 Å².